The normalized spacial score (nSPS) is 13.9. The topological polar surface area (TPSA) is 79.3 Å². The van der Waals surface area contributed by atoms with Crippen LogP contribution in [0.1, 0.15) is 24.8 Å². The maximum absolute atomic E-state index is 9.10. The molecule has 4 heterocycles. The van der Waals surface area contributed by atoms with Gasteiger partial charge in [0.2, 0.25) is 5.65 Å². The fourth-order valence-electron chi connectivity index (χ4n) is 4.33. The number of imidazole rings is 1. The Morgan fingerprint density at radius 2 is 1.77 bits per heavy atom. The van der Waals surface area contributed by atoms with E-state index in [9.17, 15) is 0 Å². The number of benzene rings is 2. The molecule has 0 bridgehead atoms. The minimum absolute atomic E-state index is 0.447. The van der Waals surface area contributed by atoms with Crippen LogP contribution < -0.4 is 4.74 Å². The largest absolute Gasteiger partial charge is 0.478 e. The highest BCUT2D eigenvalue weighted by Gasteiger charge is 2.19. The molecule has 0 N–H and O–H groups in total. The van der Waals surface area contributed by atoms with Crippen LogP contribution in [-0.4, -0.2) is 51.5 Å². The Balaban J connectivity index is 0.000000313. The van der Waals surface area contributed by atoms with Crippen LogP contribution in [0.5, 0.6) is 5.88 Å². The van der Waals surface area contributed by atoms with Crippen LogP contribution >= 0.6 is 11.3 Å². The lowest BCUT2D eigenvalue weighted by molar-refractivity contribution is 0.277. The number of rotatable bonds is 3. The molecule has 5 aromatic rings. The summed E-state index contributed by atoms with van der Waals surface area (Å²) in [6, 6.07) is 15.7. The molecule has 0 spiro atoms. The Kier molecular flexibility index (Phi) is 6.70. The van der Waals surface area contributed by atoms with E-state index in [4.69, 9.17) is 15.0 Å². The molecule has 1 aliphatic heterocycles. The third kappa shape index (κ3) is 4.74. The average Bonchev–Trinajstić information content (AvgIpc) is 3.58. The number of hydrogen-bond acceptors (Lipinski definition) is 7. The van der Waals surface area contributed by atoms with Crippen molar-refractivity contribution in [3.63, 3.8) is 0 Å². The van der Waals surface area contributed by atoms with E-state index in [-0.39, 0.29) is 0 Å². The van der Waals surface area contributed by atoms with Crippen LogP contribution in [0, 0.1) is 11.3 Å². The maximum atomic E-state index is 9.10. The van der Waals surface area contributed by atoms with Crippen molar-refractivity contribution in [3.8, 4) is 34.5 Å². The van der Waals surface area contributed by atoms with Gasteiger partial charge in [0.05, 0.1) is 45.9 Å². The summed E-state index contributed by atoms with van der Waals surface area (Å²) in [6.45, 7) is 2.64. The first kappa shape index (κ1) is 23.0. The second-order valence-corrected chi connectivity index (χ2v) is 9.41. The second kappa shape index (κ2) is 10.2. The van der Waals surface area contributed by atoms with Gasteiger partial charge in [0, 0.05) is 23.5 Å². The number of ether oxygens (including phenoxy) is 1. The quantitative estimate of drug-likeness (QED) is 0.330. The van der Waals surface area contributed by atoms with Crippen molar-refractivity contribution in [2.24, 2.45) is 0 Å². The zero-order chi connectivity index (χ0) is 24.2. The standard InChI is InChI=1S/C21H13N5OS.C6H13N/c1-27-21-20-23-8-9-26(20)19(15-6-7-17-16(10-15)24-12-28-17)18(25-21)14-4-2-13(11-22)3-5-14;1-7-5-3-2-4-6-7/h2-10,12H,1H3;2-6H2,1H3. The third-order valence-electron chi connectivity index (χ3n) is 6.17. The zero-order valence-electron chi connectivity index (χ0n) is 19.8. The lowest BCUT2D eigenvalue weighted by Crippen LogP contribution is -2.24. The zero-order valence-corrected chi connectivity index (χ0v) is 20.6. The number of piperidine rings is 1. The first-order chi connectivity index (χ1) is 17.2. The van der Waals surface area contributed by atoms with Crippen molar-refractivity contribution < 1.29 is 4.74 Å². The summed E-state index contributed by atoms with van der Waals surface area (Å²) < 4.78 is 8.59. The SMILES string of the molecule is CN1CCCCC1.COc1nc(-c2ccc(C#N)cc2)c(-c2ccc3scnc3c2)n2ccnc12. The number of fused-ring (bicyclic) bond motifs is 2. The first-order valence-corrected chi connectivity index (χ1v) is 12.5. The molecule has 3 aromatic heterocycles. The van der Waals surface area contributed by atoms with Gasteiger partial charge in [0.15, 0.2) is 0 Å². The van der Waals surface area contributed by atoms with E-state index in [1.165, 1.54) is 32.4 Å². The van der Waals surface area contributed by atoms with Crippen molar-refractivity contribution in [2.75, 3.05) is 27.2 Å². The van der Waals surface area contributed by atoms with E-state index in [1.54, 1.807) is 36.8 Å². The number of thiazole rings is 1. The van der Waals surface area contributed by atoms with Gasteiger partial charge in [-0.05, 0) is 57.2 Å². The van der Waals surface area contributed by atoms with Gasteiger partial charge in [-0.2, -0.15) is 5.26 Å². The molecule has 1 aliphatic rings. The van der Waals surface area contributed by atoms with Gasteiger partial charge >= 0.3 is 0 Å². The second-order valence-electron chi connectivity index (χ2n) is 8.53. The number of nitriles is 1. The molecule has 0 radical (unpaired) electrons. The summed E-state index contributed by atoms with van der Waals surface area (Å²) in [7, 11) is 3.78. The van der Waals surface area contributed by atoms with Gasteiger partial charge in [-0.3, -0.25) is 4.40 Å². The van der Waals surface area contributed by atoms with E-state index < -0.39 is 0 Å². The number of aromatic nitrogens is 4. The fraction of sp³-hybridized carbons (Fsp3) is 0.259. The van der Waals surface area contributed by atoms with Crippen LogP contribution in [0.15, 0.2) is 60.4 Å². The van der Waals surface area contributed by atoms with Crippen LogP contribution in [-0.2, 0) is 0 Å². The molecule has 0 saturated carbocycles. The molecular weight excluding hydrogens is 456 g/mol. The van der Waals surface area contributed by atoms with E-state index in [1.807, 2.05) is 28.2 Å². The van der Waals surface area contributed by atoms with Gasteiger partial charge in [0.1, 0.15) is 0 Å². The molecule has 6 rings (SSSR count). The van der Waals surface area contributed by atoms with Crippen LogP contribution in [0.25, 0.3) is 38.4 Å². The Morgan fingerprint density at radius 1 is 1.00 bits per heavy atom. The molecule has 2 aromatic carbocycles. The van der Waals surface area contributed by atoms with Gasteiger partial charge < -0.3 is 9.64 Å². The Hall–Kier alpha value is -3.80. The Bertz CT molecular complexity index is 1490. The summed E-state index contributed by atoms with van der Waals surface area (Å²) >= 11 is 1.61. The van der Waals surface area contributed by atoms with E-state index in [0.29, 0.717) is 17.1 Å². The Morgan fingerprint density at radius 3 is 2.46 bits per heavy atom. The smallest absolute Gasteiger partial charge is 0.258 e. The number of nitrogens with zero attached hydrogens (tertiary/aromatic N) is 6. The van der Waals surface area contributed by atoms with Gasteiger partial charge in [-0.1, -0.05) is 24.6 Å². The number of methoxy groups -OCH3 is 1. The van der Waals surface area contributed by atoms with Crippen molar-refractivity contribution in [3.05, 3.63) is 65.9 Å². The van der Waals surface area contributed by atoms with E-state index in [0.717, 1.165) is 32.7 Å². The van der Waals surface area contributed by atoms with Gasteiger partial charge in [-0.25, -0.2) is 15.0 Å². The van der Waals surface area contributed by atoms with Crippen molar-refractivity contribution >= 4 is 27.2 Å². The lowest BCUT2D eigenvalue weighted by Gasteiger charge is -2.20. The van der Waals surface area contributed by atoms with Crippen molar-refractivity contribution in [1.29, 1.82) is 5.26 Å². The summed E-state index contributed by atoms with van der Waals surface area (Å²) in [6.07, 6.45) is 7.90. The summed E-state index contributed by atoms with van der Waals surface area (Å²) in [4.78, 5) is 16.0. The summed E-state index contributed by atoms with van der Waals surface area (Å²) in [5, 5.41) is 9.10. The fourth-order valence-corrected chi connectivity index (χ4v) is 4.99. The van der Waals surface area contributed by atoms with Gasteiger partial charge in [-0.15, -0.1) is 11.3 Å². The predicted molar refractivity (Wildman–Crippen MR) is 140 cm³/mol. The Labute approximate surface area is 208 Å². The molecule has 8 heteroatoms. The summed E-state index contributed by atoms with van der Waals surface area (Å²) in [5.74, 6) is 0.447. The highest BCUT2D eigenvalue weighted by atomic mass is 32.1. The number of likely N-dealkylation sites (tertiary alicyclic amines) is 1. The lowest BCUT2D eigenvalue weighted by atomic mass is 10.0. The van der Waals surface area contributed by atoms with Crippen molar-refractivity contribution in [2.45, 2.75) is 19.3 Å². The first-order valence-electron chi connectivity index (χ1n) is 11.6. The molecule has 0 atom stereocenters. The maximum Gasteiger partial charge on any atom is 0.258 e. The molecule has 0 aliphatic carbocycles. The number of hydrogen-bond donors (Lipinski definition) is 0. The monoisotopic (exact) mass is 482 g/mol. The summed E-state index contributed by atoms with van der Waals surface area (Å²) in [5.41, 5.74) is 7.55. The van der Waals surface area contributed by atoms with E-state index >= 15 is 0 Å². The van der Waals surface area contributed by atoms with Crippen LogP contribution in [0.4, 0.5) is 0 Å². The predicted octanol–water partition coefficient (Wildman–Crippen LogP) is 5.66. The van der Waals surface area contributed by atoms with Gasteiger partial charge in [0.25, 0.3) is 5.88 Å². The molecule has 1 saturated heterocycles. The molecular formula is C27H26N6OS. The molecule has 0 unspecified atom stereocenters. The van der Waals surface area contributed by atoms with E-state index in [2.05, 4.69) is 46.2 Å². The molecule has 7 nitrogen and oxygen atoms in total. The molecule has 1 fully saturated rings. The highest BCUT2D eigenvalue weighted by molar-refractivity contribution is 7.16. The molecule has 0 amide bonds. The molecule has 176 valence electrons. The third-order valence-corrected chi connectivity index (χ3v) is 6.98. The minimum atomic E-state index is 0.447. The average molecular weight is 483 g/mol. The van der Waals surface area contributed by atoms with Crippen LogP contribution in [0.2, 0.25) is 0 Å². The minimum Gasteiger partial charge on any atom is -0.478 e. The molecule has 35 heavy (non-hydrogen) atoms. The van der Waals surface area contributed by atoms with Crippen LogP contribution in [0.3, 0.4) is 0 Å². The highest BCUT2D eigenvalue weighted by Crippen LogP contribution is 2.36. The van der Waals surface area contributed by atoms with Crippen molar-refractivity contribution in [1.82, 2.24) is 24.3 Å².